The molecular formula is C20H22Cl2N2. The quantitative estimate of drug-likeness (QED) is 0.763. The molecule has 0 aromatic heterocycles. The Labute approximate surface area is 154 Å². The molecule has 0 spiro atoms. The molecule has 2 aromatic rings. The number of rotatable bonds is 2. The summed E-state index contributed by atoms with van der Waals surface area (Å²) in [4.78, 5) is 0. The fourth-order valence-electron chi connectivity index (χ4n) is 3.06. The van der Waals surface area contributed by atoms with E-state index < -0.39 is 0 Å². The number of nitriles is 1. The van der Waals surface area contributed by atoms with Crippen molar-refractivity contribution in [3.63, 3.8) is 0 Å². The summed E-state index contributed by atoms with van der Waals surface area (Å²) < 4.78 is 0. The van der Waals surface area contributed by atoms with Crippen LogP contribution in [0.3, 0.4) is 0 Å². The average molecular weight is 361 g/mol. The van der Waals surface area contributed by atoms with Gasteiger partial charge >= 0.3 is 0 Å². The Kier molecular flexibility index (Phi) is 7.12. The number of halogens is 2. The fourth-order valence-corrected chi connectivity index (χ4v) is 3.41. The van der Waals surface area contributed by atoms with Gasteiger partial charge in [-0.2, -0.15) is 5.26 Å². The van der Waals surface area contributed by atoms with E-state index in [1.165, 1.54) is 5.56 Å². The first-order valence-corrected chi connectivity index (χ1v) is 8.87. The van der Waals surface area contributed by atoms with Crippen molar-refractivity contribution >= 4 is 23.2 Å². The number of nitrogens with zero attached hydrogens (tertiary/aromatic N) is 1. The molecule has 24 heavy (non-hydrogen) atoms. The first-order chi connectivity index (χ1) is 11.5. The van der Waals surface area contributed by atoms with Gasteiger partial charge in [-0.05, 0) is 35.7 Å². The molecule has 3 rings (SSSR count). The molecule has 0 aliphatic carbocycles. The second-order valence-corrected chi connectivity index (χ2v) is 7.16. The highest BCUT2D eigenvalue weighted by Crippen LogP contribution is 2.35. The van der Waals surface area contributed by atoms with Gasteiger partial charge < -0.3 is 5.32 Å². The van der Waals surface area contributed by atoms with E-state index in [1.807, 2.05) is 48.5 Å². The minimum absolute atomic E-state index is 0.0356. The molecule has 3 unspecified atom stereocenters. The lowest BCUT2D eigenvalue weighted by molar-refractivity contribution is 0.395. The van der Waals surface area contributed by atoms with E-state index in [-0.39, 0.29) is 17.9 Å². The van der Waals surface area contributed by atoms with Crippen LogP contribution in [0.4, 0.5) is 0 Å². The fraction of sp³-hybridized carbons (Fsp3) is 0.350. The third kappa shape index (κ3) is 4.98. The second-order valence-electron chi connectivity index (χ2n) is 6.29. The topological polar surface area (TPSA) is 35.8 Å². The van der Waals surface area contributed by atoms with Crippen LogP contribution in [-0.2, 0) is 0 Å². The third-order valence-electron chi connectivity index (χ3n) is 4.27. The third-order valence-corrected chi connectivity index (χ3v) is 4.76. The van der Waals surface area contributed by atoms with Gasteiger partial charge in [0.15, 0.2) is 0 Å². The molecule has 0 radical (unpaired) electrons. The van der Waals surface area contributed by atoms with Crippen LogP contribution in [0.2, 0.25) is 10.0 Å². The number of nitrogens with one attached hydrogen (secondary N) is 1. The molecule has 1 aliphatic heterocycles. The first-order valence-electron chi connectivity index (χ1n) is 8.12. The molecule has 1 fully saturated rings. The van der Waals surface area contributed by atoms with Crippen LogP contribution >= 0.6 is 23.2 Å². The molecule has 1 aliphatic rings. The van der Waals surface area contributed by atoms with Gasteiger partial charge in [-0.3, -0.25) is 0 Å². The summed E-state index contributed by atoms with van der Waals surface area (Å²) in [5.74, 6) is 0.767. The van der Waals surface area contributed by atoms with Crippen molar-refractivity contribution in [3.8, 4) is 6.07 Å². The Hall–Kier alpha value is -1.53. The van der Waals surface area contributed by atoms with Gasteiger partial charge in [-0.1, -0.05) is 67.4 Å². The maximum Gasteiger partial charge on any atom is 0.0699 e. The SMILES string of the molecule is CC(C)C1NCC(c2cccc(Cl)c2)C1C#N.Clc1ccccc1. The molecule has 126 valence electrons. The van der Waals surface area contributed by atoms with Crippen molar-refractivity contribution in [2.45, 2.75) is 25.8 Å². The van der Waals surface area contributed by atoms with Crippen molar-refractivity contribution in [1.29, 1.82) is 5.26 Å². The van der Waals surface area contributed by atoms with Crippen LogP contribution in [-0.4, -0.2) is 12.6 Å². The van der Waals surface area contributed by atoms with Gasteiger partial charge in [0.2, 0.25) is 0 Å². The van der Waals surface area contributed by atoms with Crippen LogP contribution in [0.25, 0.3) is 0 Å². The van der Waals surface area contributed by atoms with E-state index in [9.17, 15) is 5.26 Å². The highest BCUT2D eigenvalue weighted by Gasteiger charge is 2.38. The van der Waals surface area contributed by atoms with Gasteiger partial charge in [0.05, 0.1) is 12.0 Å². The Morgan fingerprint density at radius 2 is 1.71 bits per heavy atom. The monoisotopic (exact) mass is 360 g/mol. The predicted molar refractivity (Wildman–Crippen MR) is 101 cm³/mol. The maximum atomic E-state index is 9.36. The van der Waals surface area contributed by atoms with Crippen LogP contribution in [0.5, 0.6) is 0 Å². The Morgan fingerprint density at radius 3 is 2.21 bits per heavy atom. The number of benzene rings is 2. The molecule has 1 N–H and O–H groups in total. The summed E-state index contributed by atoms with van der Waals surface area (Å²) in [5, 5.41) is 14.4. The Morgan fingerprint density at radius 1 is 1.04 bits per heavy atom. The lowest BCUT2D eigenvalue weighted by Gasteiger charge is -2.20. The van der Waals surface area contributed by atoms with Crippen molar-refractivity contribution < 1.29 is 0 Å². The zero-order valence-corrected chi connectivity index (χ0v) is 15.4. The summed E-state index contributed by atoms with van der Waals surface area (Å²) >= 11 is 11.5. The summed E-state index contributed by atoms with van der Waals surface area (Å²) in [6.07, 6.45) is 0. The van der Waals surface area contributed by atoms with E-state index in [0.717, 1.165) is 16.6 Å². The molecule has 3 atom stereocenters. The number of hydrogen-bond acceptors (Lipinski definition) is 2. The molecule has 2 aromatic carbocycles. The zero-order valence-electron chi connectivity index (χ0n) is 13.9. The second kappa shape index (κ2) is 9.08. The predicted octanol–water partition coefficient (Wildman–Crippen LogP) is 5.53. The van der Waals surface area contributed by atoms with Crippen molar-refractivity contribution in [2.75, 3.05) is 6.54 Å². The molecule has 1 saturated heterocycles. The van der Waals surface area contributed by atoms with E-state index >= 15 is 0 Å². The molecular weight excluding hydrogens is 339 g/mol. The average Bonchev–Trinajstić information content (AvgIpc) is 3.00. The van der Waals surface area contributed by atoms with Crippen LogP contribution < -0.4 is 5.32 Å². The lowest BCUT2D eigenvalue weighted by atomic mass is 9.83. The van der Waals surface area contributed by atoms with E-state index in [4.69, 9.17) is 23.2 Å². The summed E-state index contributed by atoms with van der Waals surface area (Å²) in [6.45, 7) is 5.17. The Balaban J connectivity index is 0.000000249. The molecule has 0 amide bonds. The van der Waals surface area contributed by atoms with Gasteiger partial charge in [-0.25, -0.2) is 0 Å². The summed E-state index contributed by atoms with van der Waals surface area (Å²) in [7, 11) is 0. The van der Waals surface area contributed by atoms with Crippen LogP contribution in [0.15, 0.2) is 54.6 Å². The molecule has 1 heterocycles. The Bertz CT molecular complexity index is 680. The lowest BCUT2D eigenvalue weighted by Crippen LogP contribution is -2.31. The standard InChI is InChI=1S/C14H17ClN2.C6H5Cl/c1-9(2)14-12(7-16)13(8-17-14)10-4-3-5-11(15)6-10;7-6-4-2-1-3-5-6/h3-6,9,12-14,17H,8H2,1-2H3;1-5H. The van der Waals surface area contributed by atoms with Crippen molar-refractivity contribution in [1.82, 2.24) is 5.32 Å². The summed E-state index contributed by atoms with van der Waals surface area (Å²) in [5.41, 5.74) is 1.17. The largest absolute Gasteiger partial charge is 0.312 e. The van der Waals surface area contributed by atoms with Gasteiger partial charge in [0, 0.05) is 28.5 Å². The van der Waals surface area contributed by atoms with E-state index in [1.54, 1.807) is 0 Å². The van der Waals surface area contributed by atoms with Crippen LogP contribution in [0.1, 0.15) is 25.3 Å². The highest BCUT2D eigenvalue weighted by atomic mass is 35.5. The highest BCUT2D eigenvalue weighted by molar-refractivity contribution is 6.30. The van der Waals surface area contributed by atoms with Gasteiger partial charge in [0.1, 0.15) is 0 Å². The van der Waals surface area contributed by atoms with Crippen molar-refractivity contribution in [2.24, 2.45) is 11.8 Å². The van der Waals surface area contributed by atoms with Crippen LogP contribution in [0, 0.1) is 23.2 Å². The van der Waals surface area contributed by atoms with Gasteiger partial charge in [0.25, 0.3) is 0 Å². The maximum absolute atomic E-state index is 9.36. The minimum atomic E-state index is 0.0356. The molecule has 0 bridgehead atoms. The molecule has 2 nitrogen and oxygen atoms in total. The summed E-state index contributed by atoms with van der Waals surface area (Å²) in [6, 6.07) is 20.0. The van der Waals surface area contributed by atoms with E-state index in [2.05, 4.69) is 31.3 Å². The smallest absolute Gasteiger partial charge is 0.0699 e. The van der Waals surface area contributed by atoms with Gasteiger partial charge in [-0.15, -0.1) is 0 Å². The number of hydrogen-bond donors (Lipinski definition) is 1. The molecule has 4 heteroatoms. The zero-order chi connectivity index (χ0) is 17.5. The first kappa shape index (κ1) is 18.8. The normalized spacial score (nSPS) is 22.6. The van der Waals surface area contributed by atoms with E-state index in [0.29, 0.717) is 5.92 Å². The minimum Gasteiger partial charge on any atom is -0.312 e. The molecule has 0 saturated carbocycles. The van der Waals surface area contributed by atoms with Crippen molar-refractivity contribution in [3.05, 3.63) is 70.2 Å².